The number of benzene rings is 1. The molecule has 1 aromatic heterocycles. The highest BCUT2D eigenvalue weighted by Gasteiger charge is 2.35. The van der Waals surface area contributed by atoms with Gasteiger partial charge in [0.15, 0.2) is 5.78 Å². The van der Waals surface area contributed by atoms with Crippen molar-refractivity contribution in [2.45, 2.75) is 18.5 Å². The summed E-state index contributed by atoms with van der Waals surface area (Å²) in [4.78, 5) is 36.1. The fourth-order valence-electron chi connectivity index (χ4n) is 2.16. The molecule has 24 heavy (non-hydrogen) atoms. The second kappa shape index (κ2) is 6.27. The molecule has 0 spiro atoms. The number of carbonyl (C=O) groups is 1. The van der Waals surface area contributed by atoms with Crippen LogP contribution in [0, 0.1) is 0 Å². The van der Waals surface area contributed by atoms with E-state index in [9.17, 15) is 27.6 Å². The van der Waals surface area contributed by atoms with E-state index in [2.05, 4.69) is 0 Å². The van der Waals surface area contributed by atoms with Crippen LogP contribution >= 0.6 is 11.6 Å². The van der Waals surface area contributed by atoms with E-state index in [1.165, 1.54) is 31.2 Å². The van der Waals surface area contributed by atoms with Crippen LogP contribution in [0.25, 0.3) is 5.69 Å². The van der Waals surface area contributed by atoms with E-state index < -0.39 is 34.3 Å². The Balaban J connectivity index is 2.70. The number of Topliss-reactive ketones (excluding diaryl/α,β-unsaturated/α-hetero) is 1. The lowest BCUT2D eigenvalue weighted by Gasteiger charge is -2.14. The molecule has 2 rings (SSSR count). The van der Waals surface area contributed by atoms with E-state index in [-0.39, 0.29) is 11.3 Å². The number of carbonyl (C=O) groups excluding carboxylic acids is 1. The van der Waals surface area contributed by atoms with Crippen LogP contribution in [0.1, 0.15) is 23.0 Å². The lowest BCUT2D eigenvalue weighted by atomic mass is 10.1. The van der Waals surface area contributed by atoms with Gasteiger partial charge in [-0.15, -0.1) is 11.6 Å². The topological polar surface area (TPSA) is 61.1 Å². The third kappa shape index (κ3) is 3.28. The van der Waals surface area contributed by atoms with Gasteiger partial charge in [-0.1, -0.05) is 12.1 Å². The van der Waals surface area contributed by atoms with E-state index in [0.717, 1.165) is 7.05 Å². The zero-order chi connectivity index (χ0) is 18.2. The standard InChI is InChI=1S/C15H12ClF3N2O3/c1-8(16)13(23)9-4-3-5-10(6-9)21-12(22)7-11(15(17,18)19)20(2)14(21)24/h3-8H,1-2H3. The molecule has 1 atom stereocenters. The Hall–Kier alpha value is -2.35. The molecular weight excluding hydrogens is 349 g/mol. The fourth-order valence-corrected chi connectivity index (χ4v) is 2.29. The molecule has 0 aliphatic carbocycles. The summed E-state index contributed by atoms with van der Waals surface area (Å²) < 4.78 is 39.4. The van der Waals surface area contributed by atoms with Crippen molar-refractivity contribution in [3.05, 3.63) is 62.4 Å². The van der Waals surface area contributed by atoms with Gasteiger partial charge >= 0.3 is 11.9 Å². The van der Waals surface area contributed by atoms with Gasteiger partial charge in [-0.05, 0) is 19.1 Å². The van der Waals surface area contributed by atoms with Crippen LogP contribution in [0.5, 0.6) is 0 Å². The van der Waals surface area contributed by atoms with Crippen LogP contribution in [0.15, 0.2) is 39.9 Å². The first kappa shape index (κ1) is 18.0. The van der Waals surface area contributed by atoms with E-state index in [1.807, 2.05) is 0 Å². The molecule has 5 nitrogen and oxygen atoms in total. The molecule has 0 aliphatic heterocycles. The van der Waals surface area contributed by atoms with Gasteiger partial charge < -0.3 is 0 Å². The van der Waals surface area contributed by atoms with Crippen LogP contribution in [0.3, 0.4) is 0 Å². The first-order chi connectivity index (χ1) is 11.0. The van der Waals surface area contributed by atoms with Gasteiger partial charge in [0.1, 0.15) is 5.69 Å². The molecule has 128 valence electrons. The van der Waals surface area contributed by atoms with Crippen LogP contribution < -0.4 is 11.2 Å². The van der Waals surface area contributed by atoms with Crippen molar-refractivity contribution in [1.82, 2.24) is 9.13 Å². The van der Waals surface area contributed by atoms with Gasteiger partial charge in [0.25, 0.3) is 5.56 Å². The molecule has 1 heterocycles. The Kier molecular flexibility index (Phi) is 4.70. The molecule has 0 fully saturated rings. The van der Waals surface area contributed by atoms with Crippen molar-refractivity contribution >= 4 is 17.4 Å². The van der Waals surface area contributed by atoms with Gasteiger partial charge in [0.05, 0.1) is 11.1 Å². The molecule has 0 saturated carbocycles. The molecule has 1 aromatic carbocycles. The Bertz CT molecular complexity index is 913. The second-order valence-electron chi connectivity index (χ2n) is 5.07. The number of rotatable bonds is 3. The maximum atomic E-state index is 12.8. The minimum Gasteiger partial charge on any atom is -0.293 e. The highest BCUT2D eigenvalue weighted by atomic mass is 35.5. The Morgan fingerprint density at radius 3 is 2.38 bits per heavy atom. The Morgan fingerprint density at radius 2 is 1.83 bits per heavy atom. The molecular formula is C15H12ClF3N2O3. The molecule has 0 aliphatic rings. The van der Waals surface area contributed by atoms with Crippen LogP contribution in [0.2, 0.25) is 0 Å². The summed E-state index contributed by atoms with van der Waals surface area (Å²) in [6.07, 6.45) is -4.84. The van der Waals surface area contributed by atoms with E-state index in [1.54, 1.807) is 0 Å². The SMILES string of the molecule is CC(Cl)C(=O)c1cccc(-n2c(=O)cc(C(F)(F)F)n(C)c2=O)c1. The second-order valence-corrected chi connectivity index (χ2v) is 5.73. The summed E-state index contributed by atoms with van der Waals surface area (Å²) in [6.45, 7) is 1.46. The Labute approximate surface area is 138 Å². The fraction of sp³-hybridized carbons (Fsp3) is 0.267. The lowest BCUT2D eigenvalue weighted by Crippen LogP contribution is -2.40. The summed E-state index contributed by atoms with van der Waals surface area (Å²) in [6, 6.07) is 5.75. The van der Waals surface area contributed by atoms with Crippen molar-refractivity contribution in [1.29, 1.82) is 0 Å². The number of ketones is 1. The average molecular weight is 361 g/mol. The first-order valence-electron chi connectivity index (χ1n) is 6.73. The van der Waals surface area contributed by atoms with Crippen molar-refractivity contribution in [2.75, 3.05) is 0 Å². The van der Waals surface area contributed by atoms with Crippen molar-refractivity contribution in [3.8, 4) is 5.69 Å². The predicted molar refractivity (Wildman–Crippen MR) is 81.9 cm³/mol. The largest absolute Gasteiger partial charge is 0.431 e. The minimum absolute atomic E-state index is 0.0162. The molecule has 0 saturated heterocycles. The molecule has 0 N–H and O–H groups in total. The molecule has 1 unspecified atom stereocenters. The first-order valence-corrected chi connectivity index (χ1v) is 7.16. The van der Waals surface area contributed by atoms with Crippen LogP contribution in [-0.4, -0.2) is 20.3 Å². The normalized spacial score (nSPS) is 12.9. The molecule has 0 radical (unpaired) electrons. The molecule has 0 amide bonds. The summed E-state index contributed by atoms with van der Waals surface area (Å²) >= 11 is 5.71. The van der Waals surface area contributed by atoms with Crippen LogP contribution in [0.4, 0.5) is 13.2 Å². The lowest BCUT2D eigenvalue weighted by molar-refractivity contribution is -0.144. The summed E-state index contributed by atoms with van der Waals surface area (Å²) in [7, 11) is 0.914. The van der Waals surface area contributed by atoms with Gasteiger partial charge in [0, 0.05) is 18.7 Å². The minimum atomic E-state index is -4.84. The Morgan fingerprint density at radius 1 is 1.21 bits per heavy atom. The van der Waals surface area contributed by atoms with Gasteiger partial charge in [-0.2, -0.15) is 13.2 Å². The maximum Gasteiger partial charge on any atom is 0.431 e. The summed E-state index contributed by atoms with van der Waals surface area (Å²) in [5.74, 6) is -0.435. The number of halogens is 4. The molecule has 2 aromatic rings. The van der Waals surface area contributed by atoms with Gasteiger partial charge in [0.2, 0.25) is 0 Å². The third-order valence-corrected chi connectivity index (χ3v) is 3.56. The zero-order valence-electron chi connectivity index (χ0n) is 12.6. The predicted octanol–water partition coefficient (Wildman–Crippen LogP) is 2.37. The average Bonchev–Trinajstić information content (AvgIpc) is 2.49. The number of aromatic nitrogens is 2. The van der Waals surface area contributed by atoms with E-state index in [4.69, 9.17) is 11.6 Å². The molecule has 9 heteroatoms. The summed E-state index contributed by atoms with van der Waals surface area (Å²) in [5.41, 5.74) is -3.54. The van der Waals surface area contributed by atoms with Crippen LogP contribution in [-0.2, 0) is 13.2 Å². The smallest absolute Gasteiger partial charge is 0.293 e. The quantitative estimate of drug-likeness (QED) is 0.623. The zero-order valence-corrected chi connectivity index (χ0v) is 13.4. The van der Waals surface area contributed by atoms with Gasteiger partial charge in [-0.25, -0.2) is 9.36 Å². The number of hydrogen-bond acceptors (Lipinski definition) is 3. The van der Waals surface area contributed by atoms with Gasteiger partial charge in [-0.3, -0.25) is 14.2 Å². The maximum absolute atomic E-state index is 12.8. The number of alkyl halides is 4. The van der Waals surface area contributed by atoms with Crippen molar-refractivity contribution < 1.29 is 18.0 Å². The van der Waals surface area contributed by atoms with Crippen molar-refractivity contribution in [3.63, 3.8) is 0 Å². The van der Waals surface area contributed by atoms with Crippen molar-refractivity contribution in [2.24, 2.45) is 7.05 Å². The third-order valence-electron chi connectivity index (χ3n) is 3.36. The van der Waals surface area contributed by atoms with E-state index >= 15 is 0 Å². The number of hydrogen-bond donors (Lipinski definition) is 0. The summed E-state index contributed by atoms with van der Waals surface area (Å²) in [5, 5.41) is -0.826. The highest BCUT2D eigenvalue weighted by Crippen LogP contribution is 2.27. The highest BCUT2D eigenvalue weighted by molar-refractivity contribution is 6.33. The van der Waals surface area contributed by atoms with E-state index in [0.29, 0.717) is 15.2 Å². The molecule has 0 bridgehead atoms. The monoisotopic (exact) mass is 360 g/mol. The number of nitrogens with zero attached hydrogens (tertiary/aromatic N) is 2.